The number of hydrogen-bond donors (Lipinski definition) is 1. The molecule has 1 aliphatic rings. The van der Waals surface area contributed by atoms with E-state index < -0.39 is 0 Å². The molecule has 0 radical (unpaired) electrons. The van der Waals surface area contributed by atoms with E-state index in [2.05, 4.69) is 22.6 Å². The van der Waals surface area contributed by atoms with Gasteiger partial charge in [0, 0.05) is 17.8 Å². The number of thiazole rings is 1. The van der Waals surface area contributed by atoms with Gasteiger partial charge in [0.25, 0.3) is 0 Å². The quantitative estimate of drug-likeness (QED) is 0.852. The zero-order valence-corrected chi connectivity index (χ0v) is 11.0. The third-order valence-corrected chi connectivity index (χ3v) is 4.18. The third kappa shape index (κ3) is 3.56. The van der Waals surface area contributed by atoms with Crippen molar-refractivity contribution in [2.24, 2.45) is 0 Å². The summed E-state index contributed by atoms with van der Waals surface area (Å²) in [4.78, 5) is 4.68. The molecule has 1 aliphatic heterocycles. The van der Waals surface area contributed by atoms with Gasteiger partial charge in [-0.3, -0.25) is 0 Å². The molecule has 1 aromatic heterocycles. The first-order valence-corrected chi connectivity index (χ1v) is 7.43. The molecule has 1 unspecified atom stereocenters. The highest BCUT2D eigenvalue weighted by atomic mass is 32.1. The lowest BCUT2D eigenvalue weighted by Gasteiger charge is -2.22. The van der Waals surface area contributed by atoms with Gasteiger partial charge in [-0.1, -0.05) is 19.8 Å². The van der Waals surface area contributed by atoms with E-state index in [9.17, 15) is 0 Å². The van der Waals surface area contributed by atoms with Gasteiger partial charge in [0.05, 0.1) is 10.7 Å². The van der Waals surface area contributed by atoms with Gasteiger partial charge in [-0.15, -0.1) is 11.3 Å². The van der Waals surface area contributed by atoms with Crippen molar-refractivity contribution in [3.63, 3.8) is 0 Å². The Morgan fingerprint density at radius 2 is 2.38 bits per heavy atom. The Labute approximate surface area is 102 Å². The number of aryl methyl sites for hydroxylation is 2. The topological polar surface area (TPSA) is 24.9 Å². The van der Waals surface area contributed by atoms with Gasteiger partial charge in [0.15, 0.2) is 0 Å². The van der Waals surface area contributed by atoms with Crippen LogP contribution in [0.4, 0.5) is 0 Å². The average Bonchev–Trinajstić information content (AvgIpc) is 2.76. The molecule has 0 aromatic carbocycles. The molecule has 3 heteroatoms. The van der Waals surface area contributed by atoms with Crippen LogP contribution in [0.5, 0.6) is 0 Å². The molecule has 2 rings (SSSR count). The van der Waals surface area contributed by atoms with Crippen molar-refractivity contribution in [3.05, 3.63) is 16.1 Å². The summed E-state index contributed by atoms with van der Waals surface area (Å²) in [6.45, 7) is 3.43. The first-order valence-electron chi connectivity index (χ1n) is 6.55. The van der Waals surface area contributed by atoms with Gasteiger partial charge in [0.2, 0.25) is 0 Å². The molecule has 1 N–H and O–H groups in total. The fourth-order valence-electron chi connectivity index (χ4n) is 2.30. The van der Waals surface area contributed by atoms with Gasteiger partial charge in [0.1, 0.15) is 0 Å². The first-order chi connectivity index (χ1) is 7.88. The number of rotatable bonds is 5. The Morgan fingerprint density at radius 3 is 3.12 bits per heavy atom. The van der Waals surface area contributed by atoms with Crippen LogP contribution in [-0.4, -0.2) is 17.6 Å². The molecule has 0 saturated carbocycles. The maximum atomic E-state index is 4.68. The highest BCUT2D eigenvalue weighted by molar-refractivity contribution is 7.09. The van der Waals surface area contributed by atoms with E-state index in [-0.39, 0.29) is 0 Å². The number of nitrogens with one attached hydrogen (secondary N) is 1. The van der Waals surface area contributed by atoms with E-state index in [1.807, 2.05) is 11.3 Å². The lowest BCUT2D eigenvalue weighted by molar-refractivity contribution is 0.382. The molecule has 0 amide bonds. The fourth-order valence-corrected chi connectivity index (χ4v) is 3.15. The zero-order valence-electron chi connectivity index (χ0n) is 10.2. The largest absolute Gasteiger partial charge is 0.314 e. The minimum Gasteiger partial charge on any atom is -0.314 e. The fraction of sp³-hybridized carbons (Fsp3) is 0.769. The predicted molar refractivity (Wildman–Crippen MR) is 70.1 cm³/mol. The molecule has 1 atom stereocenters. The second-order valence-electron chi connectivity index (χ2n) is 4.67. The van der Waals surface area contributed by atoms with E-state index in [1.165, 1.54) is 49.4 Å². The SMILES string of the molecule is CCCc1csc(CCC2CCCCN2)n1. The summed E-state index contributed by atoms with van der Waals surface area (Å²) in [5.74, 6) is 0. The van der Waals surface area contributed by atoms with E-state index in [4.69, 9.17) is 0 Å². The molecule has 2 nitrogen and oxygen atoms in total. The zero-order chi connectivity index (χ0) is 11.2. The maximum Gasteiger partial charge on any atom is 0.0928 e. The minimum atomic E-state index is 0.743. The predicted octanol–water partition coefficient (Wildman–Crippen LogP) is 3.17. The van der Waals surface area contributed by atoms with Crippen LogP contribution in [0.25, 0.3) is 0 Å². The molecular formula is C13H22N2S. The van der Waals surface area contributed by atoms with Gasteiger partial charge < -0.3 is 5.32 Å². The number of piperidine rings is 1. The Morgan fingerprint density at radius 1 is 1.44 bits per heavy atom. The number of aromatic nitrogens is 1. The maximum absolute atomic E-state index is 4.68. The average molecular weight is 238 g/mol. The second-order valence-corrected chi connectivity index (χ2v) is 5.61. The second kappa shape index (κ2) is 6.36. The van der Waals surface area contributed by atoms with Crippen molar-refractivity contribution in [1.82, 2.24) is 10.3 Å². The van der Waals surface area contributed by atoms with Crippen molar-refractivity contribution in [1.29, 1.82) is 0 Å². The number of nitrogens with zero attached hydrogens (tertiary/aromatic N) is 1. The summed E-state index contributed by atoms with van der Waals surface area (Å²) in [6.07, 6.45) is 8.87. The van der Waals surface area contributed by atoms with Crippen LogP contribution in [0, 0.1) is 0 Å². The normalized spacial score (nSPS) is 21.2. The summed E-state index contributed by atoms with van der Waals surface area (Å²) in [7, 11) is 0. The summed E-state index contributed by atoms with van der Waals surface area (Å²) in [6, 6.07) is 0.743. The molecule has 1 aromatic rings. The third-order valence-electron chi connectivity index (χ3n) is 3.22. The summed E-state index contributed by atoms with van der Waals surface area (Å²) in [5.41, 5.74) is 1.29. The molecule has 90 valence electrons. The van der Waals surface area contributed by atoms with Gasteiger partial charge in [-0.2, -0.15) is 0 Å². The summed E-state index contributed by atoms with van der Waals surface area (Å²) >= 11 is 1.84. The van der Waals surface area contributed by atoms with Crippen LogP contribution in [0.2, 0.25) is 0 Å². The van der Waals surface area contributed by atoms with Crippen LogP contribution in [-0.2, 0) is 12.8 Å². The lowest BCUT2D eigenvalue weighted by atomic mass is 10.0. The highest BCUT2D eigenvalue weighted by Gasteiger charge is 2.12. The molecule has 1 saturated heterocycles. The summed E-state index contributed by atoms with van der Waals surface area (Å²) in [5, 5.41) is 7.16. The molecular weight excluding hydrogens is 216 g/mol. The monoisotopic (exact) mass is 238 g/mol. The molecule has 0 aliphatic carbocycles. The van der Waals surface area contributed by atoms with Crippen molar-refractivity contribution < 1.29 is 0 Å². The van der Waals surface area contributed by atoms with Crippen LogP contribution in [0.1, 0.15) is 49.7 Å². The minimum absolute atomic E-state index is 0.743. The van der Waals surface area contributed by atoms with Crippen LogP contribution in [0.15, 0.2) is 5.38 Å². The van der Waals surface area contributed by atoms with E-state index >= 15 is 0 Å². The Hall–Kier alpha value is -0.410. The molecule has 1 fully saturated rings. The molecule has 0 spiro atoms. The van der Waals surface area contributed by atoms with Crippen LogP contribution in [0.3, 0.4) is 0 Å². The Balaban J connectivity index is 1.75. The van der Waals surface area contributed by atoms with Crippen molar-refractivity contribution in [2.45, 2.75) is 57.9 Å². The summed E-state index contributed by atoms with van der Waals surface area (Å²) < 4.78 is 0. The van der Waals surface area contributed by atoms with Crippen molar-refractivity contribution >= 4 is 11.3 Å². The van der Waals surface area contributed by atoms with Gasteiger partial charge >= 0.3 is 0 Å². The standard InChI is InChI=1S/C13H22N2S/c1-2-5-12-10-16-13(15-12)8-7-11-6-3-4-9-14-11/h10-11,14H,2-9H2,1H3. The number of hydrogen-bond acceptors (Lipinski definition) is 3. The van der Waals surface area contributed by atoms with Crippen LogP contribution < -0.4 is 5.32 Å². The van der Waals surface area contributed by atoms with E-state index in [0.717, 1.165) is 18.9 Å². The van der Waals surface area contributed by atoms with Crippen molar-refractivity contribution in [2.75, 3.05) is 6.54 Å². The van der Waals surface area contributed by atoms with Gasteiger partial charge in [-0.25, -0.2) is 4.98 Å². The Bertz CT molecular complexity index is 303. The van der Waals surface area contributed by atoms with Crippen molar-refractivity contribution in [3.8, 4) is 0 Å². The lowest BCUT2D eigenvalue weighted by Crippen LogP contribution is -2.34. The Kier molecular flexibility index (Phi) is 4.79. The van der Waals surface area contributed by atoms with Crippen LogP contribution >= 0.6 is 11.3 Å². The smallest absolute Gasteiger partial charge is 0.0928 e. The molecule has 0 bridgehead atoms. The highest BCUT2D eigenvalue weighted by Crippen LogP contribution is 2.17. The first kappa shape index (κ1) is 12.1. The van der Waals surface area contributed by atoms with E-state index in [1.54, 1.807) is 0 Å². The van der Waals surface area contributed by atoms with Gasteiger partial charge in [-0.05, 0) is 32.2 Å². The van der Waals surface area contributed by atoms with E-state index in [0.29, 0.717) is 0 Å². The molecule has 16 heavy (non-hydrogen) atoms. The molecule has 2 heterocycles.